The van der Waals surface area contributed by atoms with E-state index in [1.807, 2.05) is 0 Å². The first-order chi connectivity index (χ1) is 16.3. The van der Waals surface area contributed by atoms with E-state index in [1.54, 1.807) is 6.07 Å². The molecule has 1 atom stereocenters. The minimum atomic E-state index is -1.26. The molecule has 1 unspecified atom stereocenters. The van der Waals surface area contributed by atoms with Crippen LogP contribution in [0.5, 0.6) is 11.5 Å². The van der Waals surface area contributed by atoms with Crippen molar-refractivity contribution in [3.8, 4) is 11.5 Å². The molecule has 1 aliphatic rings. The Morgan fingerprint density at radius 3 is 2.15 bits per heavy atom. The monoisotopic (exact) mass is 501 g/mol. The molecule has 3 aromatic rings. The van der Waals surface area contributed by atoms with E-state index in [4.69, 9.17) is 32.7 Å². The van der Waals surface area contributed by atoms with E-state index in [2.05, 4.69) is 0 Å². The van der Waals surface area contributed by atoms with Gasteiger partial charge in [0.2, 0.25) is 0 Å². The number of ketones is 1. The first kappa shape index (κ1) is 23.6. The van der Waals surface area contributed by atoms with Crippen LogP contribution in [0.25, 0.3) is 5.76 Å². The lowest BCUT2D eigenvalue weighted by atomic mass is 9.94. The Balaban J connectivity index is 1.96. The zero-order chi connectivity index (χ0) is 24.6. The summed E-state index contributed by atoms with van der Waals surface area (Å²) in [6.07, 6.45) is 0. The number of aliphatic hydroxyl groups excluding tert-OH is 1. The van der Waals surface area contributed by atoms with Gasteiger partial charge in [-0.3, -0.25) is 14.5 Å². The summed E-state index contributed by atoms with van der Waals surface area (Å²) in [5.41, 5.74) is 0.129. The number of aliphatic hydroxyl groups is 1. The number of rotatable bonds is 5. The maximum atomic E-state index is 14.9. The van der Waals surface area contributed by atoms with E-state index in [-0.39, 0.29) is 32.4 Å². The molecule has 34 heavy (non-hydrogen) atoms. The Hall–Kier alpha value is -3.55. The summed E-state index contributed by atoms with van der Waals surface area (Å²) in [6.45, 7) is 0. The van der Waals surface area contributed by atoms with Gasteiger partial charge in [0, 0.05) is 16.8 Å². The third-order valence-corrected chi connectivity index (χ3v) is 6.07. The molecule has 1 heterocycles. The Labute approximate surface area is 204 Å². The van der Waals surface area contributed by atoms with Gasteiger partial charge in [-0.1, -0.05) is 41.4 Å². The highest BCUT2D eigenvalue weighted by molar-refractivity contribution is 6.52. The standard InChI is InChI=1S/C25H18Cl2FNO5/c1-33-19-9-7-13(11-16(19)26)23(30)21-22(15-5-3-4-6-18(15)28)29(25(32)24(21)31)14-8-10-20(34-2)17(27)12-14/h3-12,22,30H,1-2H3/b23-21+. The molecular weight excluding hydrogens is 484 g/mol. The Morgan fingerprint density at radius 1 is 0.941 bits per heavy atom. The molecule has 0 aliphatic carbocycles. The molecule has 1 aliphatic heterocycles. The third-order valence-electron chi connectivity index (χ3n) is 5.48. The van der Waals surface area contributed by atoms with Gasteiger partial charge in [-0.05, 0) is 42.5 Å². The number of halogens is 3. The number of hydrogen-bond donors (Lipinski definition) is 1. The number of carbonyl (C=O) groups excluding carboxylic acids is 2. The van der Waals surface area contributed by atoms with Crippen molar-refractivity contribution in [2.45, 2.75) is 6.04 Å². The highest BCUT2D eigenvalue weighted by Crippen LogP contribution is 2.44. The minimum Gasteiger partial charge on any atom is -0.507 e. The van der Waals surface area contributed by atoms with E-state index >= 15 is 0 Å². The smallest absolute Gasteiger partial charge is 0.300 e. The fraction of sp³-hybridized carbons (Fsp3) is 0.120. The van der Waals surface area contributed by atoms with Gasteiger partial charge in [-0.15, -0.1) is 0 Å². The summed E-state index contributed by atoms with van der Waals surface area (Å²) in [6, 6.07) is 13.3. The summed E-state index contributed by atoms with van der Waals surface area (Å²) < 4.78 is 25.2. The molecule has 4 rings (SSSR count). The predicted molar refractivity (Wildman–Crippen MR) is 127 cm³/mol. The molecule has 6 nitrogen and oxygen atoms in total. The van der Waals surface area contributed by atoms with Gasteiger partial charge < -0.3 is 14.6 Å². The van der Waals surface area contributed by atoms with Gasteiger partial charge >= 0.3 is 0 Å². The Bertz CT molecular complexity index is 1340. The minimum absolute atomic E-state index is 0.0230. The summed E-state index contributed by atoms with van der Waals surface area (Å²) in [5.74, 6) is -2.37. The molecular formula is C25H18Cl2FNO5. The number of ether oxygens (including phenoxy) is 2. The van der Waals surface area contributed by atoms with Crippen molar-refractivity contribution in [1.82, 2.24) is 0 Å². The van der Waals surface area contributed by atoms with Crippen LogP contribution >= 0.6 is 23.2 Å². The van der Waals surface area contributed by atoms with E-state index in [0.29, 0.717) is 11.5 Å². The van der Waals surface area contributed by atoms with Gasteiger partial charge in [0.15, 0.2) is 0 Å². The van der Waals surface area contributed by atoms with E-state index in [9.17, 15) is 19.1 Å². The highest BCUT2D eigenvalue weighted by atomic mass is 35.5. The molecule has 0 spiro atoms. The summed E-state index contributed by atoms with van der Waals surface area (Å²) in [7, 11) is 2.87. The van der Waals surface area contributed by atoms with Crippen LogP contribution in [0.2, 0.25) is 10.0 Å². The lowest BCUT2D eigenvalue weighted by Gasteiger charge is -2.26. The van der Waals surface area contributed by atoms with Crippen molar-refractivity contribution in [1.29, 1.82) is 0 Å². The van der Waals surface area contributed by atoms with Crippen LogP contribution < -0.4 is 14.4 Å². The van der Waals surface area contributed by atoms with Crippen LogP contribution in [-0.4, -0.2) is 31.0 Å². The number of hydrogen-bond acceptors (Lipinski definition) is 5. The number of benzene rings is 3. The number of carbonyl (C=O) groups is 2. The number of anilines is 1. The van der Waals surface area contributed by atoms with E-state index in [0.717, 1.165) is 4.90 Å². The Morgan fingerprint density at radius 2 is 1.56 bits per heavy atom. The van der Waals surface area contributed by atoms with Crippen molar-refractivity contribution in [3.05, 3.63) is 93.2 Å². The van der Waals surface area contributed by atoms with Crippen LogP contribution in [0, 0.1) is 5.82 Å². The molecule has 0 saturated carbocycles. The molecule has 0 bridgehead atoms. The van der Waals surface area contributed by atoms with Crippen molar-refractivity contribution >= 4 is 46.3 Å². The zero-order valence-corrected chi connectivity index (χ0v) is 19.5. The third kappa shape index (κ3) is 3.97. The van der Waals surface area contributed by atoms with Gasteiger partial charge in [0.05, 0.1) is 35.9 Å². The average Bonchev–Trinajstić information content (AvgIpc) is 3.09. The summed E-state index contributed by atoms with van der Waals surface area (Å²) in [5, 5.41) is 11.5. The van der Waals surface area contributed by atoms with Gasteiger partial charge in [0.25, 0.3) is 11.7 Å². The molecule has 1 saturated heterocycles. The predicted octanol–water partition coefficient (Wildman–Crippen LogP) is 5.78. The fourth-order valence-corrected chi connectivity index (χ4v) is 4.37. The van der Waals surface area contributed by atoms with Crippen LogP contribution in [0.1, 0.15) is 17.2 Å². The lowest BCUT2D eigenvalue weighted by Crippen LogP contribution is -2.29. The zero-order valence-electron chi connectivity index (χ0n) is 18.0. The van der Waals surface area contributed by atoms with Crippen LogP contribution in [0.4, 0.5) is 10.1 Å². The van der Waals surface area contributed by atoms with Crippen LogP contribution in [0.3, 0.4) is 0 Å². The van der Waals surface area contributed by atoms with Crippen molar-refractivity contribution in [2.75, 3.05) is 19.1 Å². The van der Waals surface area contributed by atoms with Gasteiger partial charge in [0.1, 0.15) is 23.1 Å². The molecule has 9 heteroatoms. The SMILES string of the molecule is COc1ccc(/C(O)=C2\C(=O)C(=O)N(c3ccc(OC)c(Cl)c3)C2c2ccccc2F)cc1Cl. The number of amides is 1. The van der Waals surface area contributed by atoms with Crippen molar-refractivity contribution in [3.63, 3.8) is 0 Å². The average molecular weight is 502 g/mol. The van der Waals surface area contributed by atoms with Gasteiger partial charge in [-0.25, -0.2) is 4.39 Å². The normalized spacial score (nSPS) is 17.2. The topological polar surface area (TPSA) is 76.1 Å². The quantitative estimate of drug-likeness (QED) is 0.272. The van der Waals surface area contributed by atoms with Crippen LogP contribution in [-0.2, 0) is 9.59 Å². The molecule has 0 radical (unpaired) electrons. The van der Waals surface area contributed by atoms with E-state index < -0.39 is 29.3 Å². The molecule has 1 amide bonds. The van der Waals surface area contributed by atoms with Crippen molar-refractivity contribution < 1.29 is 28.6 Å². The second-order valence-corrected chi connectivity index (χ2v) is 8.17. The number of nitrogens with zero attached hydrogens (tertiary/aromatic N) is 1. The fourth-order valence-electron chi connectivity index (χ4n) is 3.86. The number of Topliss-reactive ketones (excluding diaryl/α,β-unsaturated/α-hetero) is 1. The maximum absolute atomic E-state index is 14.9. The molecule has 1 fully saturated rings. The first-order valence-corrected chi connectivity index (χ1v) is 10.8. The molecule has 0 aromatic heterocycles. The largest absolute Gasteiger partial charge is 0.507 e. The maximum Gasteiger partial charge on any atom is 0.300 e. The van der Waals surface area contributed by atoms with Gasteiger partial charge in [-0.2, -0.15) is 0 Å². The van der Waals surface area contributed by atoms with E-state index in [1.165, 1.54) is 68.8 Å². The Kier molecular flexibility index (Phi) is 6.50. The second kappa shape index (κ2) is 9.37. The second-order valence-electron chi connectivity index (χ2n) is 7.36. The van der Waals surface area contributed by atoms with Crippen LogP contribution in [0.15, 0.2) is 66.2 Å². The van der Waals surface area contributed by atoms with Crippen molar-refractivity contribution in [2.24, 2.45) is 0 Å². The molecule has 174 valence electrons. The number of methoxy groups -OCH3 is 2. The summed E-state index contributed by atoms with van der Waals surface area (Å²) in [4.78, 5) is 27.4. The first-order valence-electron chi connectivity index (χ1n) is 10.0. The molecule has 3 aromatic carbocycles. The lowest BCUT2D eigenvalue weighted by molar-refractivity contribution is -0.132. The highest BCUT2D eigenvalue weighted by Gasteiger charge is 2.48. The molecule has 1 N–H and O–H groups in total. The summed E-state index contributed by atoms with van der Waals surface area (Å²) >= 11 is 12.4.